The molecule has 0 aliphatic heterocycles. The first kappa shape index (κ1) is 20.3. The Balaban J connectivity index is 0. The molecule has 110 valence electrons. The first-order valence-corrected chi connectivity index (χ1v) is 7.64. The second-order valence-electron chi connectivity index (χ2n) is 5.53. The van der Waals surface area contributed by atoms with Crippen LogP contribution in [0, 0.1) is 0 Å². The van der Waals surface area contributed by atoms with Gasteiger partial charge in [-0.3, -0.25) is 4.52 Å². The minimum Gasteiger partial charge on any atom is -0.329 e. The van der Waals surface area contributed by atoms with Crippen LogP contribution in [0.25, 0.3) is 0 Å². The molecule has 5 heteroatoms. The predicted octanol–water partition coefficient (Wildman–Crippen LogP) is 2.80. The highest BCUT2D eigenvalue weighted by Crippen LogP contribution is 2.03. The summed E-state index contributed by atoms with van der Waals surface area (Å²) in [4.78, 5) is 0. The molecule has 0 aromatic heterocycles. The summed E-state index contributed by atoms with van der Waals surface area (Å²) in [5, 5.41) is 0. The molecule has 0 aromatic carbocycles. The molecule has 0 rings (SSSR count). The highest BCUT2D eigenvalue weighted by Gasteiger charge is 2.16. The largest absolute Gasteiger partial charge is 0.329 e. The number of rotatable bonds is 8. The predicted molar refractivity (Wildman–Crippen MR) is 78.9 cm³/mol. The van der Waals surface area contributed by atoms with E-state index >= 15 is 0 Å². The molecule has 0 N–H and O–H groups in total. The van der Waals surface area contributed by atoms with Gasteiger partial charge in [-0.15, -0.1) is 0 Å². The molecular formula is C13H33N2O2P+2. The Morgan fingerprint density at radius 2 is 1.28 bits per heavy atom. The second-order valence-corrected chi connectivity index (χ2v) is 5.94. The number of quaternary nitrogens is 2. The van der Waals surface area contributed by atoms with E-state index in [0.717, 1.165) is 11.0 Å². The van der Waals surface area contributed by atoms with E-state index < -0.39 is 0 Å². The van der Waals surface area contributed by atoms with E-state index in [-0.39, 0.29) is 8.69 Å². The second kappa shape index (κ2) is 10.9. The molecule has 0 spiro atoms. The summed E-state index contributed by atoms with van der Waals surface area (Å²) in [7, 11) is 5.96. The molecule has 0 saturated heterocycles. The van der Waals surface area contributed by atoms with Gasteiger partial charge in [0, 0.05) is 0 Å². The fraction of sp³-hybridized carbons (Fsp3) is 1.00. The van der Waals surface area contributed by atoms with Gasteiger partial charge in [-0.25, -0.2) is 4.57 Å². The molecule has 0 aromatic rings. The Bertz CT molecular complexity index is 184. The van der Waals surface area contributed by atoms with E-state index in [2.05, 4.69) is 53.4 Å². The molecule has 0 bridgehead atoms. The topological polar surface area (TPSA) is 26.3 Å². The van der Waals surface area contributed by atoms with Crippen molar-refractivity contribution in [3.8, 4) is 0 Å². The summed E-state index contributed by atoms with van der Waals surface area (Å²) < 4.78 is 16.5. The average molecular weight is 280 g/mol. The van der Waals surface area contributed by atoms with Crippen LogP contribution in [0.1, 0.15) is 27.7 Å². The lowest BCUT2D eigenvalue weighted by Gasteiger charge is -2.34. The summed E-state index contributed by atoms with van der Waals surface area (Å²) in [5.41, 5.74) is 0. The maximum Gasteiger partial charge on any atom is 0.327 e. The summed E-state index contributed by atoms with van der Waals surface area (Å²) >= 11 is 0. The van der Waals surface area contributed by atoms with Gasteiger partial charge >= 0.3 is 8.69 Å². The first-order valence-electron chi connectivity index (χ1n) is 6.91. The van der Waals surface area contributed by atoms with Crippen molar-refractivity contribution in [1.29, 1.82) is 0 Å². The van der Waals surface area contributed by atoms with E-state index in [9.17, 15) is 4.57 Å². The first-order chi connectivity index (χ1) is 8.30. The van der Waals surface area contributed by atoms with Crippen LogP contribution < -0.4 is 0 Å². The van der Waals surface area contributed by atoms with Crippen LogP contribution in [0.4, 0.5) is 0 Å². The maximum atomic E-state index is 9.76. The molecule has 0 unspecified atom stereocenters. The van der Waals surface area contributed by atoms with Crippen molar-refractivity contribution < 1.29 is 18.1 Å². The van der Waals surface area contributed by atoms with Gasteiger partial charge in [0.25, 0.3) is 0 Å². The lowest BCUT2D eigenvalue weighted by molar-refractivity contribution is -0.921. The van der Waals surface area contributed by atoms with Crippen molar-refractivity contribution in [3.05, 3.63) is 0 Å². The van der Waals surface area contributed by atoms with Crippen molar-refractivity contribution in [2.75, 3.05) is 60.5 Å². The molecule has 0 atom stereocenters. The Morgan fingerprint density at radius 1 is 0.889 bits per heavy atom. The number of nitrogens with zero attached hydrogens (tertiary/aromatic N) is 2. The van der Waals surface area contributed by atoms with Gasteiger partial charge in [-0.05, 0) is 27.7 Å². The molecule has 0 heterocycles. The number of hydrogen-bond donors (Lipinski definition) is 0. The Labute approximate surface area is 115 Å². The van der Waals surface area contributed by atoms with Crippen LogP contribution in [0.15, 0.2) is 0 Å². The zero-order chi connectivity index (χ0) is 14.7. The minimum absolute atomic E-state index is 0.217. The summed E-state index contributed by atoms with van der Waals surface area (Å²) in [5.74, 6) is 0. The van der Waals surface area contributed by atoms with E-state index in [1.165, 1.54) is 30.7 Å². The SMILES string of the molecule is CC[N+](CC)(CC)CC.C[N+](C)(C)CCOP=O. The normalized spacial score (nSPS) is 12.2. The third kappa shape index (κ3) is 11.1. The monoisotopic (exact) mass is 280 g/mol. The zero-order valence-corrected chi connectivity index (χ0v) is 14.3. The molecule has 0 fully saturated rings. The molecule has 0 aliphatic rings. The highest BCUT2D eigenvalue weighted by molar-refractivity contribution is 7.17. The summed E-state index contributed by atoms with van der Waals surface area (Å²) in [6, 6.07) is 0. The van der Waals surface area contributed by atoms with E-state index in [1.54, 1.807) is 0 Å². The molecule has 0 amide bonds. The molecule has 0 saturated carbocycles. The molecular weight excluding hydrogens is 247 g/mol. The third-order valence-electron chi connectivity index (χ3n) is 3.59. The van der Waals surface area contributed by atoms with Gasteiger partial charge in [0.05, 0.1) is 47.3 Å². The quantitative estimate of drug-likeness (QED) is 0.388. The lowest BCUT2D eigenvalue weighted by Crippen LogP contribution is -2.47. The van der Waals surface area contributed by atoms with Crippen LogP contribution in [-0.4, -0.2) is 69.4 Å². The van der Waals surface area contributed by atoms with Crippen molar-refractivity contribution in [2.24, 2.45) is 0 Å². The lowest BCUT2D eigenvalue weighted by atomic mass is 10.3. The molecule has 4 nitrogen and oxygen atoms in total. The van der Waals surface area contributed by atoms with Gasteiger partial charge in [-0.2, -0.15) is 0 Å². The summed E-state index contributed by atoms with van der Waals surface area (Å²) in [6.07, 6.45) is 0. The average Bonchev–Trinajstić information content (AvgIpc) is 2.32. The molecule has 0 radical (unpaired) electrons. The van der Waals surface area contributed by atoms with Crippen molar-refractivity contribution in [1.82, 2.24) is 0 Å². The van der Waals surface area contributed by atoms with Crippen molar-refractivity contribution in [3.63, 3.8) is 0 Å². The van der Waals surface area contributed by atoms with Crippen LogP contribution >= 0.6 is 8.69 Å². The molecule has 18 heavy (non-hydrogen) atoms. The standard InChI is InChI=1S/C8H20N.C5H13NO2P/c1-5-9(6-2,7-3)8-4;1-6(2,3)4-5-8-9-7/h5-8H2,1-4H3;4-5H2,1-3H3/q2*+1. The number of hydrogen-bond acceptors (Lipinski definition) is 2. The maximum absolute atomic E-state index is 9.76. The van der Waals surface area contributed by atoms with Gasteiger partial charge in [-0.1, -0.05) is 0 Å². The van der Waals surface area contributed by atoms with Gasteiger partial charge in [0.15, 0.2) is 0 Å². The van der Waals surface area contributed by atoms with Crippen LogP contribution in [0.2, 0.25) is 0 Å². The van der Waals surface area contributed by atoms with Crippen molar-refractivity contribution in [2.45, 2.75) is 27.7 Å². The minimum atomic E-state index is -0.217. The van der Waals surface area contributed by atoms with Crippen molar-refractivity contribution >= 4 is 8.69 Å². The zero-order valence-electron chi connectivity index (χ0n) is 13.4. The summed E-state index contributed by atoms with van der Waals surface area (Å²) in [6.45, 7) is 15.7. The Kier molecular flexibility index (Phi) is 12.3. The van der Waals surface area contributed by atoms with Gasteiger partial charge in [0.2, 0.25) is 0 Å². The van der Waals surface area contributed by atoms with E-state index in [1.807, 2.05) is 0 Å². The number of likely N-dealkylation sites (N-methyl/N-ethyl adjacent to an activating group) is 1. The third-order valence-corrected chi connectivity index (χ3v) is 3.88. The Hall–Kier alpha value is -0.0200. The smallest absolute Gasteiger partial charge is 0.327 e. The van der Waals surface area contributed by atoms with Crippen LogP contribution in [0.5, 0.6) is 0 Å². The fourth-order valence-corrected chi connectivity index (χ4v) is 1.85. The van der Waals surface area contributed by atoms with Gasteiger partial charge in [0.1, 0.15) is 13.2 Å². The highest BCUT2D eigenvalue weighted by atomic mass is 31.1. The van der Waals surface area contributed by atoms with Crippen LogP contribution in [0.3, 0.4) is 0 Å². The Morgan fingerprint density at radius 3 is 1.44 bits per heavy atom. The fourth-order valence-electron chi connectivity index (χ4n) is 1.69. The molecule has 0 aliphatic carbocycles. The van der Waals surface area contributed by atoms with E-state index in [0.29, 0.717) is 6.61 Å². The van der Waals surface area contributed by atoms with E-state index in [4.69, 9.17) is 0 Å². The van der Waals surface area contributed by atoms with Crippen LogP contribution in [-0.2, 0) is 9.09 Å². The van der Waals surface area contributed by atoms with Gasteiger partial charge < -0.3 is 8.97 Å².